The molecule has 3 aliphatic rings. The van der Waals surface area contributed by atoms with Crippen LogP contribution in [0.3, 0.4) is 0 Å². The van der Waals surface area contributed by atoms with E-state index in [0.717, 1.165) is 61.5 Å². The van der Waals surface area contributed by atoms with Crippen molar-refractivity contribution >= 4 is 82.8 Å². The lowest BCUT2D eigenvalue weighted by molar-refractivity contribution is -0.237. The van der Waals surface area contributed by atoms with Crippen molar-refractivity contribution in [2.75, 3.05) is 13.2 Å². The molecule has 2 heterocycles. The summed E-state index contributed by atoms with van der Waals surface area (Å²) in [4.78, 5) is 125. The summed E-state index contributed by atoms with van der Waals surface area (Å²) < 4.78 is 55.7. The van der Waals surface area contributed by atoms with E-state index < -0.39 is 165 Å². The summed E-state index contributed by atoms with van der Waals surface area (Å²) in [6, 6.07) is 0. The van der Waals surface area contributed by atoms with Crippen molar-refractivity contribution in [2.45, 2.75) is 132 Å². The third-order valence-corrected chi connectivity index (χ3v) is 11.5. The van der Waals surface area contributed by atoms with Crippen LogP contribution in [0.5, 0.6) is 11.5 Å². The van der Waals surface area contributed by atoms with Crippen molar-refractivity contribution in [3.05, 3.63) is 22.8 Å². The van der Waals surface area contributed by atoms with E-state index in [2.05, 4.69) is 0 Å². The molecule has 0 amide bonds. The smallest absolute Gasteiger partial charge is 0.303 e. The van der Waals surface area contributed by atoms with E-state index in [-0.39, 0.29) is 5.57 Å². The molecular weight excluding hydrogens is 885 g/mol. The average molecular weight is 929 g/mol. The molecule has 0 aromatic heterocycles. The summed E-state index contributed by atoms with van der Waals surface area (Å²) in [5.41, 5.74) is -4.92. The molecule has 4 rings (SSSR count). The number of rotatable bonds is 14. The first-order chi connectivity index (χ1) is 29.4. The van der Waals surface area contributed by atoms with Crippen molar-refractivity contribution in [3.63, 3.8) is 0 Å². The SMILES string of the molecule is CC(=O)OCC1OC(Sc2c(O)c3c(c(O)c2SC2OC(COC(C)=O)[C@@H](OC(C)=O)[C@H](OC(C)=O)[C@H]2OC(C)=O)C(=O)C(C)=CC3=O)[C@H](OC(C)=O)C(OC(C)=O)[C@@H]1OC(C)=O. The number of Topliss-reactive ketones (excluding diaryl/α,β-unsaturated/α-hetero) is 1. The molecule has 2 saturated heterocycles. The van der Waals surface area contributed by atoms with Crippen LogP contribution in [0.4, 0.5) is 0 Å². The van der Waals surface area contributed by atoms with Gasteiger partial charge in [-0.1, -0.05) is 23.5 Å². The highest BCUT2D eigenvalue weighted by Crippen LogP contribution is 2.54. The van der Waals surface area contributed by atoms with Gasteiger partial charge in [-0.05, 0) is 13.0 Å². The zero-order chi connectivity index (χ0) is 47.2. The minimum Gasteiger partial charge on any atom is -0.506 e. The number of fused-ring (bicyclic) bond motifs is 1. The minimum atomic E-state index is -1.76. The molecule has 5 unspecified atom stereocenters. The Bertz CT molecular complexity index is 2100. The number of phenolic OH excluding ortho intramolecular Hbond substituents is 2. The molecule has 10 atom stereocenters. The standard InChI is InChI=1S/C39H44O22S2/c1-13-10-22(48)25-26(27(13)49)29(51)37(63-39-35(59-21(9)47)33(57-19(7)45)31(55-17(5)43)24(61-39)12-53-15(3)41)36(28(25)50)62-38-34(58-20(8)46)32(56-18(6)44)30(54-16(4)42)23(60-38)11-52-14(2)40/h10,23-24,30-35,38-39,50-51H,11-12H2,1-9H3/t23?,24?,30-,31-,32?,33+,34-,35-,38?,39?/m1/s1. The van der Waals surface area contributed by atoms with Gasteiger partial charge in [-0.15, -0.1) is 0 Å². The first-order valence-electron chi connectivity index (χ1n) is 18.7. The average Bonchev–Trinajstić information content (AvgIpc) is 3.15. The number of carbonyl (C=O) groups excluding carboxylic acids is 10. The third kappa shape index (κ3) is 12.3. The quantitative estimate of drug-likeness (QED) is 0.153. The van der Waals surface area contributed by atoms with Crippen molar-refractivity contribution in [2.24, 2.45) is 0 Å². The van der Waals surface area contributed by atoms with Gasteiger partial charge in [0.05, 0.1) is 20.9 Å². The number of carbonyl (C=O) groups is 10. The molecule has 344 valence electrons. The lowest BCUT2D eigenvalue weighted by atomic mass is 9.89. The van der Waals surface area contributed by atoms with Gasteiger partial charge in [0.25, 0.3) is 0 Å². The Kier molecular flexibility index (Phi) is 16.7. The van der Waals surface area contributed by atoms with Crippen molar-refractivity contribution in [1.82, 2.24) is 0 Å². The van der Waals surface area contributed by atoms with Crippen LogP contribution < -0.4 is 0 Å². The first-order valence-corrected chi connectivity index (χ1v) is 20.5. The topological polar surface area (TPSA) is 303 Å². The number of benzene rings is 1. The maximum atomic E-state index is 13.6. The van der Waals surface area contributed by atoms with E-state index in [1.165, 1.54) is 6.92 Å². The number of hydrogen-bond acceptors (Lipinski definition) is 24. The fourth-order valence-corrected chi connectivity index (χ4v) is 9.36. The summed E-state index contributed by atoms with van der Waals surface area (Å²) >= 11 is 0.829. The number of ether oxygens (including phenoxy) is 10. The normalized spacial score (nSPS) is 26.5. The summed E-state index contributed by atoms with van der Waals surface area (Å²) in [5, 5.41) is 24.1. The highest BCUT2D eigenvalue weighted by molar-refractivity contribution is 8.03. The molecule has 2 N–H and O–H groups in total. The molecule has 0 spiro atoms. The summed E-state index contributed by atoms with van der Waals surface area (Å²) in [6.07, 6.45) is -12.2. The van der Waals surface area contributed by atoms with E-state index >= 15 is 0 Å². The maximum absolute atomic E-state index is 13.6. The monoisotopic (exact) mass is 928 g/mol. The van der Waals surface area contributed by atoms with Gasteiger partial charge < -0.3 is 57.6 Å². The maximum Gasteiger partial charge on any atom is 0.303 e. The number of thioether (sulfide) groups is 2. The summed E-state index contributed by atoms with van der Waals surface area (Å²) in [5.74, 6) is -11.2. The highest BCUT2D eigenvalue weighted by Gasteiger charge is 2.55. The number of hydrogen-bond donors (Lipinski definition) is 2. The summed E-state index contributed by atoms with van der Waals surface area (Å²) in [6.45, 7) is 8.03. The van der Waals surface area contributed by atoms with Gasteiger partial charge in [0.2, 0.25) is 0 Å². The van der Waals surface area contributed by atoms with Crippen molar-refractivity contribution < 1.29 is 106 Å². The number of esters is 8. The number of phenols is 2. The van der Waals surface area contributed by atoms with Crippen LogP contribution in [0.1, 0.15) is 83.0 Å². The highest BCUT2D eigenvalue weighted by atomic mass is 32.2. The van der Waals surface area contributed by atoms with Gasteiger partial charge in [-0.25, -0.2) is 0 Å². The van der Waals surface area contributed by atoms with Crippen LogP contribution in [-0.2, 0) is 85.7 Å². The molecule has 2 fully saturated rings. The molecule has 0 bridgehead atoms. The van der Waals surface area contributed by atoms with Gasteiger partial charge in [-0.2, -0.15) is 0 Å². The Balaban J connectivity index is 2.02. The zero-order valence-corrected chi connectivity index (χ0v) is 36.8. The van der Waals surface area contributed by atoms with E-state index in [4.69, 9.17) is 47.4 Å². The van der Waals surface area contributed by atoms with Gasteiger partial charge in [0.15, 0.2) is 48.2 Å². The van der Waals surface area contributed by atoms with E-state index in [9.17, 15) is 58.2 Å². The zero-order valence-electron chi connectivity index (χ0n) is 35.1. The van der Waals surface area contributed by atoms with Crippen molar-refractivity contribution in [3.8, 4) is 11.5 Å². The fraction of sp³-hybridized carbons (Fsp3) is 0.538. The molecule has 63 heavy (non-hydrogen) atoms. The molecular formula is C39H44O22S2. The molecule has 24 heteroatoms. The number of allylic oxidation sites excluding steroid dienone is 2. The van der Waals surface area contributed by atoms with Gasteiger partial charge >= 0.3 is 47.8 Å². The fourth-order valence-electron chi connectivity index (χ4n) is 6.69. The number of aromatic hydroxyl groups is 2. The molecule has 2 aliphatic heterocycles. The largest absolute Gasteiger partial charge is 0.506 e. The van der Waals surface area contributed by atoms with E-state index in [0.29, 0.717) is 23.5 Å². The Morgan fingerprint density at radius 3 is 1.16 bits per heavy atom. The van der Waals surface area contributed by atoms with Crippen LogP contribution >= 0.6 is 23.5 Å². The Morgan fingerprint density at radius 1 is 0.508 bits per heavy atom. The van der Waals surface area contributed by atoms with Gasteiger partial charge in [-0.3, -0.25) is 47.9 Å². The number of ketones is 2. The van der Waals surface area contributed by atoms with Gasteiger partial charge in [0.1, 0.15) is 47.8 Å². The lowest BCUT2D eigenvalue weighted by Gasteiger charge is -2.45. The second-order valence-electron chi connectivity index (χ2n) is 14.0. The van der Waals surface area contributed by atoms with Crippen molar-refractivity contribution in [1.29, 1.82) is 0 Å². The molecule has 1 aromatic carbocycles. The second kappa shape index (κ2) is 21.1. The van der Waals surface area contributed by atoms with Crippen LogP contribution in [0.15, 0.2) is 21.4 Å². The Morgan fingerprint density at radius 2 is 0.825 bits per heavy atom. The van der Waals surface area contributed by atoms with Crippen LogP contribution in [0.2, 0.25) is 0 Å². The van der Waals surface area contributed by atoms with Gasteiger partial charge in [0, 0.05) is 61.0 Å². The molecule has 1 aliphatic carbocycles. The van der Waals surface area contributed by atoms with E-state index in [1.807, 2.05) is 0 Å². The Labute approximate surface area is 366 Å². The molecule has 0 saturated carbocycles. The lowest BCUT2D eigenvalue weighted by Crippen LogP contribution is -2.61. The second-order valence-corrected chi connectivity index (χ2v) is 16.2. The van der Waals surface area contributed by atoms with Crippen LogP contribution in [-0.4, -0.2) is 142 Å². The first kappa shape index (κ1) is 49.9. The summed E-state index contributed by atoms with van der Waals surface area (Å²) in [7, 11) is 0. The van der Waals surface area contributed by atoms with Crippen LogP contribution in [0.25, 0.3) is 0 Å². The third-order valence-electron chi connectivity index (χ3n) is 8.90. The van der Waals surface area contributed by atoms with Crippen LogP contribution in [0, 0.1) is 0 Å². The predicted molar refractivity (Wildman–Crippen MR) is 208 cm³/mol. The predicted octanol–water partition coefficient (Wildman–Crippen LogP) is 1.77. The molecule has 0 radical (unpaired) electrons. The minimum absolute atomic E-state index is 0.148. The molecule has 22 nitrogen and oxygen atoms in total. The molecule has 1 aromatic rings. The Hall–Kier alpha value is -5.72. The van der Waals surface area contributed by atoms with E-state index in [1.54, 1.807) is 0 Å².